The van der Waals surface area contributed by atoms with Gasteiger partial charge in [0.2, 0.25) is 0 Å². The number of hydrogen-bond donors (Lipinski definition) is 1. The van der Waals surface area contributed by atoms with E-state index in [2.05, 4.69) is 41.2 Å². The third-order valence-electron chi connectivity index (χ3n) is 3.49. The van der Waals surface area contributed by atoms with Crippen molar-refractivity contribution in [3.05, 3.63) is 28.2 Å². The summed E-state index contributed by atoms with van der Waals surface area (Å²) in [5, 5.41) is 3.59. The molecule has 1 rings (SSSR count). The van der Waals surface area contributed by atoms with Gasteiger partial charge in [0.25, 0.3) is 0 Å². The van der Waals surface area contributed by atoms with Crippen molar-refractivity contribution in [2.75, 3.05) is 20.8 Å². The summed E-state index contributed by atoms with van der Waals surface area (Å²) >= 11 is 3.53. The van der Waals surface area contributed by atoms with Crippen LogP contribution in [0.2, 0.25) is 0 Å². The second kappa shape index (κ2) is 9.37. The normalized spacial score (nSPS) is 14.1. The number of ether oxygens (including phenoxy) is 2. The molecule has 3 nitrogen and oxygen atoms in total. The van der Waals surface area contributed by atoms with Crippen molar-refractivity contribution >= 4 is 15.9 Å². The molecule has 114 valence electrons. The summed E-state index contributed by atoms with van der Waals surface area (Å²) in [6.45, 7) is 5.34. The molecule has 0 aliphatic heterocycles. The van der Waals surface area contributed by atoms with Gasteiger partial charge in [-0.3, -0.25) is 0 Å². The molecule has 0 aliphatic carbocycles. The van der Waals surface area contributed by atoms with Crippen LogP contribution in [-0.2, 0) is 11.2 Å². The van der Waals surface area contributed by atoms with E-state index in [1.807, 2.05) is 12.1 Å². The van der Waals surface area contributed by atoms with E-state index in [9.17, 15) is 0 Å². The Morgan fingerprint density at radius 1 is 1.25 bits per heavy atom. The molecule has 0 aromatic heterocycles. The molecule has 1 aromatic rings. The smallest absolute Gasteiger partial charge is 0.122 e. The van der Waals surface area contributed by atoms with Crippen LogP contribution in [0.5, 0.6) is 5.75 Å². The van der Waals surface area contributed by atoms with Gasteiger partial charge >= 0.3 is 0 Å². The van der Waals surface area contributed by atoms with Crippen molar-refractivity contribution in [3.8, 4) is 5.75 Å². The van der Waals surface area contributed by atoms with E-state index in [0.29, 0.717) is 6.04 Å². The van der Waals surface area contributed by atoms with E-state index in [1.54, 1.807) is 14.2 Å². The number of methoxy groups -OCH3 is 2. The zero-order valence-electron chi connectivity index (χ0n) is 12.9. The summed E-state index contributed by atoms with van der Waals surface area (Å²) in [4.78, 5) is 0. The van der Waals surface area contributed by atoms with Gasteiger partial charge in [-0.2, -0.15) is 0 Å². The first-order valence-electron chi connectivity index (χ1n) is 7.24. The highest BCUT2D eigenvalue weighted by molar-refractivity contribution is 9.10. The zero-order chi connectivity index (χ0) is 15.0. The minimum Gasteiger partial charge on any atom is -0.496 e. The van der Waals surface area contributed by atoms with Crippen LogP contribution in [0.25, 0.3) is 0 Å². The predicted molar refractivity (Wildman–Crippen MR) is 87.6 cm³/mol. The standard InChI is InChI=1S/C16H26BrNO2/c1-5-9-18-14(15(6-2)19-3)11-12-10-13(17)7-8-16(12)20-4/h7-8,10,14-15,18H,5-6,9,11H2,1-4H3. The SMILES string of the molecule is CCCNC(Cc1cc(Br)ccc1OC)C(CC)OC. The van der Waals surface area contributed by atoms with Gasteiger partial charge in [-0.1, -0.05) is 29.8 Å². The molecule has 2 atom stereocenters. The van der Waals surface area contributed by atoms with Crippen molar-refractivity contribution in [2.24, 2.45) is 0 Å². The number of rotatable bonds is 9. The molecule has 4 heteroatoms. The summed E-state index contributed by atoms with van der Waals surface area (Å²) in [6, 6.07) is 6.43. The molecular weight excluding hydrogens is 318 g/mol. The maximum atomic E-state index is 5.62. The molecule has 0 fully saturated rings. The van der Waals surface area contributed by atoms with Crippen LogP contribution < -0.4 is 10.1 Å². The van der Waals surface area contributed by atoms with Gasteiger partial charge < -0.3 is 14.8 Å². The number of hydrogen-bond acceptors (Lipinski definition) is 3. The monoisotopic (exact) mass is 343 g/mol. The van der Waals surface area contributed by atoms with Gasteiger partial charge in [0.05, 0.1) is 13.2 Å². The van der Waals surface area contributed by atoms with Gasteiger partial charge in [0.15, 0.2) is 0 Å². The Hall–Kier alpha value is -0.580. The van der Waals surface area contributed by atoms with Crippen LogP contribution in [0.15, 0.2) is 22.7 Å². The fourth-order valence-corrected chi connectivity index (χ4v) is 2.83. The quantitative estimate of drug-likeness (QED) is 0.739. The Labute approximate surface area is 131 Å². The van der Waals surface area contributed by atoms with Crippen LogP contribution in [0.1, 0.15) is 32.3 Å². The largest absolute Gasteiger partial charge is 0.496 e. The highest BCUT2D eigenvalue weighted by Gasteiger charge is 2.21. The molecule has 0 bridgehead atoms. The lowest BCUT2D eigenvalue weighted by Gasteiger charge is -2.27. The maximum absolute atomic E-state index is 5.62. The average molecular weight is 344 g/mol. The summed E-state index contributed by atoms with van der Waals surface area (Å²) in [6.07, 6.45) is 3.22. The van der Waals surface area contributed by atoms with E-state index < -0.39 is 0 Å². The highest BCUT2D eigenvalue weighted by Crippen LogP contribution is 2.25. The molecule has 1 aromatic carbocycles. The van der Waals surface area contributed by atoms with Gasteiger partial charge in [0.1, 0.15) is 5.75 Å². The molecule has 1 N–H and O–H groups in total. The maximum Gasteiger partial charge on any atom is 0.122 e. The minimum atomic E-state index is 0.213. The molecule has 20 heavy (non-hydrogen) atoms. The molecule has 0 heterocycles. The van der Waals surface area contributed by atoms with Crippen LogP contribution in [0.4, 0.5) is 0 Å². The second-order valence-corrected chi connectivity index (χ2v) is 5.82. The first-order valence-corrected chi connectivity index (χ1v) is 8.04. The van der Waals surface area contributed by atoms with E-state index in [4.69, 9.17) is 9.47 Å². The van der Waals surface area contributed by atoms with Crippen LogP contribution in [0, 0.1) is 0 Å². The summed E-state index contributed by atoms with van der Waals surface area (Å²) in [5.74, 6) is 0.933. The Morgan fingerprint density at radius 2 is 2.00 bits per heavy atom. The molecule has 0 aliphatic rings. The van der Waals surface area contributed by atoms with E-state index in [-0.39, 0.29) is 6.10 Å². The van der Waals surface area contributed by atoms with Crippen LogP contribution in [-0.4, -0.2) is 32.9 Å². The fraction of sp³-hybridized carbons (Fsp3) is 0.625. The van der Waals surface area contributed by atoms with Gasteiger partial charge in [-0.05, 0) is 49.6 Å². The molecule has 0 radical (unpaired) electrons. The lowest BCUT2D eigenvalue weighted by Crippen LogP contribution is -2.42. The lowest BCUT2D eigenvalue weighted by molar-refractivity contribution is 0.0651. The first-order chi connectivity index (χ1) is 9.65. The zero-order valence-corrected chi connectivity index (χ0v) is 14.5. The number of benzene rings is 1. The van der Waals surface area contributed by atoms with E-state index >= 15 is 0 Å². The van der Waals surface area contributed by atoms with Crippen molar-refractivity contribution in [1.82, 2.24) is 5.32 Å². The summed E-state index contributed by atoms with van der Waals surface area (Å²) in [5.41, 5.74) is 1.20. The number of nitrogens with one attached hydrogen (secondary N) is 1. The fourth-order valence-electron chi connectivity index (χ4n) is 2.42. The van der Waals surface area contributed by atoms with E-state index in [1.165, 1.54) is 5.56 Å². The minimum absolute atomic E-state index is 0.213. The first kappa shape index (κ1) is 17.5. The average Bonchev–Trinajstić information content (AvgIpc) is 2.46. The Morgan fingerprint density at radius 3 is 2.55 bits per heavy atom. The number of halogens is 1. The van der Waals surface area contributed by atoms with Crippen molar-refractivity contribution in [2.45, 2.75) is 45.3 Å². The molecule has 0 amide bonds. The third-order valence-corrected chi connectivity index (χ3v) is 3.99. The third kappa shape index (κ3) is 5.08. The topological polar surface area (TPSA) is 30.5 Å². The van der Waals surface area contributed by atoms with Crippen LogP contribution >= 0.6 is 15.9 Å². The molecule has 2 unspecified atom stereocenters. The molecule has 0 saturated carbocycles. The second-order valence-electron chi connectivity index (χ2n) is 4.90. The van der Waals surface area contributed by atoms with Gasteiger partial charge in [0, 0.05) is 17.6 Å². The predicted octanol–water partition coefficient (Wildman–Crippen LogP) is 3.79. The summed E-state index contributed by atoms with van der Waals surface area (Å²) < 4.78 is 12.2. The van der Waals surface area contributed by atoms with Crippen molar-refractivity contribution in [1.29, 1.82) is 0 Å². The Kier molecular flexibility index (Phi) is 8.19. The van der Waals surface area contributed by atoms with Gasteiger partial charge in [-0.15, -0.1) is 0 Å². The van der Waals surface area contributed by atoms with Crippen molar-refractivity contribution < 1.29 is 9.47 Å². The highest BCUT2D eigenvalue weighted by atomic mass is 79.9. The van der Waals surface area contributed by atoms with E-state index in [0.717, 1.165) is 36.0 Å². The Balaban J connectivity index is 2.90. The molecule has 0 saturated heterocycles. The molecule has 0 spiro atoms. The lowest BCUT2D eigenvalue weighted by atomic mass is 9.98. The van der Waals surface area contributed by atoms with Gasteiger partial charge in [-0.25, -0.2) is 0 Å². The van der Waals surface area contributed by atoms with Crippen LogP contribution in [0.3, 0.4) is 0 Å². The van der Waals surface area contributed by atoms with Crippen molar-refractivity contribution in [3.63, 3.8) is 0 Å². The Bertz CT molecular complexity index is 394. The molecular formula is C16H26BrNO2. The summed E-state index contributed by atoms with van der Waals surface area (Å²) in [7, 11) is 3.50.